The Morgan fingerprint density at radius 1 is 0.690 bits per heavy atom. The second-order valence-corrected chi connectivity index (χ2v) is 13.2. The van der Waals surface area contributed by atoms with Crippen LogP contribution in [0.15, 0.2) is 120 Å². The van der Waals surface area contributed by atoms with Crippen LogP contribution in [0, 0.1) is 6.92 Å². The van der Waals surface area contributed by atoms with Gasteiger partial charge < -0.3 is 9.13 Å². The standard InChI is InChI=1S/C36H33N3O2S/c1-25-17-19-27(20-18-25)42(40,41)39-23-32(30-21-37(2)34-15-9-7-13-28(30)34)36(26-11-5-4-6-12-26)33(24-39)31-22-38(3)35-16-10-8-14-29(31)35/h4-22,32H,23-24H2,1-3H3. The zero-order valence-electron chi connectivity index (χ0n) is 24.0. The number of fused-ring (bicyclic) bond motifs is 2. The summed E-state index contributed by atoms with van der Waals surface area (Å²) in [6.45, 7) is 2.61. The Balaban J connectivity index is 1.54. The van der Waals surface area contributed by atoms with Crippen molar-refractivity contribution in [2.75, 3.05) is 13.1 Å². The van der Waals surface area contributed by atoms with Crippen LogP contribution in [-0.2, 0) is 24.1 Å². The summed E-state index contributed by atoms with van der Waals surface area (Å²) in [7, 11) is 0.345. The number of aromatic nitrogens is 2. The molecule has 0 bridgehead atoms. The third-order valence-electron chi connectivity index (χ3n) is 8.66. The fraction of sp³-hybridized carbons (Fsp3) is 0.167. The Hall–Kier alpha value is -4.39. The average Bonchev–Trinajstić information content (AvgIpc) is 3.54. The molecule has 1 unspecified atom stereocenters. The minimum atomic E-state index is -3.77. The SMILES string of the molecule is Cc1ccc(S(=O)(=O)N2CC(c3cn(C)c4ccccc34)=C(c3ccccc3)C(c3cn(C)c4ccccc34)C2)cc1. The normalized spacial score (nSPS) is 16.5. The first-order valence-corrected chi connectivity index (χ1v) is 15.7. The van der Waals surface area contributed by atoms with Crippen molar-refractivity contribution in [2.45, 2.75) is 17.7 Å². The lowest BCUT2D eigenvalue weighted by molar-refractivity contribution is 0.429. The molecule has 5 nitrogen and oxygen atoms in total. The summed E-state index contributed by atoms with van der Waals surface area (Å²) in [6.07, 6.45) is 4.34. The summed E-state index contributed by atoms with van der Waals surface area (Å²) in [5.74, 6) is -0.179. The maximum atomic E-state index is 14.3. The van der Waals surface area contributed by atoms with E-state index >= 15 is 0 Å². The van der Waals surface area contributed by atoms with Crippen molar-refractivity contribution in [1.29, 1.82) is 0 Å². The largest absolute Gasteiger partial charge is 0.350 e. The Kier molecular flexibility index (Phi) is 6.41. The number of hydrogen-bond donors (Lipinski definition) is 0. The molecule has 2 aromatic heterocycles. The van der Waals surface area contributed by atoms with Crippen LogP contribution in [-0.4, -0.2) is 34.9 Å². The van der Waals surface area contributed by atoms with Gasteiger partial charge in [0.25, 0.3) is 0 Å². The van der Waals surface area contributed by atoms with Gasteiger partial charge >= 0.3 is 0 Å². The zero-order chi connectivity index (χ0) is 29.0. The Morgan fingerprint density at radius 3 is 2.00 bits per heavy atom. The van der Waals surface area contributed by atoms with Crippen molar-refractivity contribution in [3.63, 3.8) is 0 Å². The lowest BCUT2D eigenvalue weighted by Gasteiger charge is -2.36. The van der Waals surface area contributed by atoms with Gasteiger partial charge in [-0.2, -0.15) is 4.31 Å². The first-order chi connectivity index (χ1) is 20.3. The van der Waals surface area contributed by atoms with E-state index in [9.17, 15) is 8.42 Å². The molecule has 3 heterocycles. The van der Waals surface area contributed by atoms with Crippen LogP contribution in [0.2, 0.25) is 0 Å². The summed E-state index contributed by atoms with van der Waals surface area (Å²) < 4.78 is 34.6. The summed E-state index contributed by atoms with van der Waals surface area (Å²) in [4.78, 5) is 0.324. The molecule has 6 heteroatoms. The highest BCUT2D eigenvalue weighted by Gasteiger charge is 2.38. The number of aryl methyl sites for hydroxylation is 3. The monoisotopic (exact) mass is 571 g/mol. The quantitative estimate of drug-likeness (QED) is 0.217. The maximum Gasteiger partial charge on any atom is 0.243 e. The van der Waals surface area contributed by atoms with Gasteiger partial charge in [-0.25, -0.2) is 8.42 Å². The molecule has 0 fully saturated rings. The molecule has 0 amide bonds. The fourth-order valence-electron chi connectivity index (χ4n) is 6.58. The molecule has 0 spiro atoms. The van der Waals surface area contributed by atoms with Gasteiger partial charge in [-0.1, -0.05) is 84.4 Å². The fourth-order valence-corrected chi connectivity index (χ4v) is 8.01. The number of benzene rings is 4. The highest BCUT2D eigenvalue weighted by Crippen LogP contribution is 2.47. The molecular formula is C36H33N3O2S. The third-order valence-corrected chi connectivity index (χ3v) is 10.5. The van der Waals surface area contributed by atoms with Crippen LogP contribution in [0.4, 0.5) is 0 Å². The van der Waals surface area contributed by atoms with Crippen LogP contribution in [0.1, 0.15) is 28.2 Å². The molecule has 7 rings (SSSR count). The summed E-state index contributed by atoms with van der Waals surface area (Å²) in [5, 5.41) is 2.26. The van der Waals surface area contributed by atoms with Gasteiger partial charge in [-0.3, -0.25) is 0 Å². The molecule has 0 radical (unpaired) electrons. The van der Waals surface area contributed by atoms with Crippen LogP contribution in [0.3, 0.4) is 0 Å². The molecule has 0 saturated carbocycles. The van der Waals surface area contributed by atoms with E-state index in [1.807, 2.05) is 31.2 Å². The zero-order valence-corrected chi connectivity index (χ0v) is 24.8. The number of hydrogen-bond acceptors (Lipinski definition) is 2. The highest BCUT2D eigenvalue weighted by molar-refractivity contribution is 7.89. The molecule has 42 heavy (non-hydrogen) atoms. The van der Waals surface area contributed by atoms with E-state index in [2.05, 4.69) is 102 Å². The van der Waals surface area contributed by atoms with Gasteiger partial charge in [0.2, 0.25) is 10.0 Å². The third kappa shape index (κ3) is 4.30. The molecule has 1 atom stereocenters. The lowest BCUT2D eigenvalue weighted by Crippen LogP contribution is -2.40. The van der Waals surface area contributed by atoms with Crippen LogP contribution in [0.25, 0.3) is 33.0 Å². The number of nitrogens with zero attached hydrogens (tertiary/aromatic N) is 3. The van der Waals surface area contributed by atoms with E-state index in [-0.39, 0.29) is 12.5 Å². The Morgan fingerprint density at radius 2 is 1.29 bits per heavy atom. The van der Waals surface area contributed by atoms with Crippen molar-refractivity contribution in [1.82, 2.24) is 13.4 Å². The number of rotatable bonds is 5. The van der Waals surface area contributed by atoms with Gasteiger partial charge in [-0.15, -0.1) is 0 Å². The molecule has 0 N–H and O–H groups in total. The minimum absolute atomic E-state index is 0.179. The molecule has 4 aromatic carbocycles. The van der Waals surface area contributed by atoms with Gasteiger partial charge in [0.05, 0.1) is 4.90 Å². The minimum Gasteiger partial charge on any atom is -0.350 e. The number of para-hydroxylation sites is 2. The predicted molar refractivity (Wildman–Crippen MR) is 172 cm³/mol. The topological polar surface area (TPSA) is 47.2 Å². The van der Waals surface area contributed by atoms with Gasteiger partial charge in [0, 0.05) is 72.9 Å². The predicted octanol–water partition coefficient (Wildman–Crippen LogP) is 7.38. The maximum absolute atomic E-state index is 14.3. The van der Waals surface area contributed by atoms with Crippen LogP contribution >= 0.6 is 0 Å². The van der Waals surface area contributed by atoms with Crippen molar-refractivity contribution < 1.29 is 8.42 Å². The number of sulfonamides is 1. The summed E-state index contributed by atoms with van der Waals surface area (Å²) >= 11 is 0. The van der Waals surface area contributed by atoms with Gasteiger partial charge in [0.1, 0.15) is 0 Å². The van der Waals surface area contributed by atoms with Crippen molar-refractivity contribution in [2.24, 2.45) is 14.1 Å². The Labute approximate surface area is 247 Å². The van der Waals surface area contributed by atoms with Gasteiger partial charge in [0.15, 0.2) is 0 Å². The second kappa shape index (κ2) is 10.2. The van der Waals surface area contributed by atoms with Crippen molar-refractivity contribution in [3.8, 4) is 0 Å². The van der Waals surface area contributed by atoms with E-state index in [1.165, 1.54) is 5.57 Å². The Bertz CT molecular complexity index is 2080. The molecule has 1 aliphatic heterocycles. The molecule has 0 aliphatic carbocycles. The van der Waals surface area contributed by atoms with E-state index < -0.39 is 10.0 Å². The highest BCUT2D eigenvalue weighted by atomic mass is 32.2. The second-order valence-electron chi connectivity index (χ2n) is 11.3. The average molecular weight is 572 g/mol. The van der Waals surface area contributed by atoms with Gasteiger partial charge in [-0.05, 0) is 53.5 Å². The van der Waals surface area contributed by atoms with E-state index in [0.717, 1.165) is 49.6 Å². The smallest absolute Gasteiger partial charge is 0.243 e. The molecule has 210 valence electrons. The lowest BCUT2D eigenvalue weighted by atomic mass is 9.79. The van der Waals surface area contributed by atoms with Crippen LogP contribution < -0.4 is 0 Å². The summed E-state index contributed by atoms with van der Waals surface area (Å²) in [5.41, 5.74) is 8.82. The first-order valence-electron chi connectivity index (χ1n) is 14.3. The van der Waals surface area contributed by atoms with Crippen LogP contribution in [0.5, 0.6) is 0 Å². The molecule has 1 aliphatic rings. The van der Waals surface area contributed by atoms with E-state index in [1.54, 1.807) is 16.4 Å². The van der Waals surface area contributed by atoms with Crippen molar-refractivity contribution in [3.05, 3.63) is 138 Å². The summed E-state index contributed by atoms with van der Waals surface area (Å²) in [6, 6.07) is 34.4. The van der Waals surface area contributed by atoms with Crippen molar-refractivity contribution >= 4 is 43.0 Å². The first kappa shape index (κ1) is 26.5. The van der Waals surface area contributed by atoms with E-state index in [0.29, 0.717) is 11.4 Å². The van der Waals surface area contributed by atoms with E-state index in [4.69, 9.17) is 0 Å². The molecule has 0 saturated heterocycles. The molecular weight excluding hydrogens is 538 g/mol. The molecule has 6 aromatic rings.